The van der Waals surface area contributed by atoms with Gasteiger partial charge in [0.05, 0.1) is 11.9 Å². The van der Waals surface area contributed by atoms with Gasteiger partial charge in [0.25, 0.3) is 11.8 Å². The largest absolute Gasteiger partial charge is 0.508 e. The minimum atomic E-state index is -1.57. The lowest BCUT2D eigenvalue weighted by atomic mass is 9.93. The van der Waals surface area contributed by atoms with Crippen molar-refractivity contribution < 1.29 is 24.6 Å². The van der Waals surface area contributed by atoms with Gasteiger partial charge in [0.2, 0.25) is 0 Å². The number of phenolic OH excluding ortho intramolecular Hbond substituents is 1. The SMILES string of the molecule is C=CCCC(=O)[C@H]1N(C(=O)[C@@H](O)[C@H](Cc2ccccc2)NC(=O)c2cccc(O)c2C)CSC1(C)C. The number of allylic oxidation sites excluding steroid dienone is 1. The highest BCUT2D eigenvalue weighted by Gasteiger charge is 2.49. The highest BCUT2D eigenvalue weighted by Crippen LogP contribution is 2.40. The summed E-state index contributed by atoms with van der Waals surface area (Å²) in [6, 6.07) is 12.2. The Balaban J connectivity index is 1.88. The average Bonchev–Trinajstić information content (AvgIpc) is 3.18. The van der Waals surface area contributed by atoms with E-state index in [4.69, 9.17) is 0 Å². The number of nitrogens with zero attached hydrogens (tertiary/aromatic N) is 1. The summed E-state index contributed by atoms with van der Waals surface area (Å²) in [7, 11) is 0. The van der Waals surface area contributed by atoms with Crippen LogP contribution in [0.4, 0.5) is 0 Å². The number of nitrogens with one attached hydrogen (secondary N) is 1. The maximum Gasteiger partial charge on any atom is 0.254 e. The lowest BCUT2D eigenvalue weighted by Crippen LogP contribution is -2.57. The van der Waals surface area contributed by atoms with Gasteiger partial charge in [0, 0.05) is 22.3 Å². The van der Waals surface area contributed by atoms with E-state index in [2.05, 4.69) is 11.9 Å². The van der Waals surface area contributed by atoms with Gasteiger partial charge in [-0.2, -0.15) is 0 Å². The zero-order valence-corrected chi connectivity index (χ0v) is 21.8. The van der Waals surface area contributed by atoms with E-state index in [0.717, 1.165) is 5.56 Å². The Morgan fingerprint density at radius 1 is 1.19 bits per heavy atom. The van der Waals surface area contributed by atoms with Gasteiger partial charge in [-0.3, -0.25) is 14.4 Å². The lowest BCUT2D eigenvalue weighted by Gasteiger charge is -2.33. The molecule has 2 aromatic carbocycles. The summed E-state index contributed by atoms with van der Waals surface area (Å²) in [5, 5.41) is 24.1. The summed E-state index contributed by atoms with van der Waals surface area (Å²) < 4.78 is -0.509. The van der Waals surface area contributed by atoms with Gasteiger partial charge in [-0.15, -0.1) is 18.3 Å². The predicted molar refractivity (Wildman–Crippen MR) is 142 cm³/mol. The molecule has 0 saturated carbocycles. The Kier molecular flexibility index (Phi) is 8.98. The molecule has 1 fully saturated rings. The van der Waals surface area contributed by atoms with Crippen LogP contribution in [0.15, 0.2) is 61.2 Å². The second kappa shape index (κ2) is 11.8. The number of Topliss-reactive ketones (excluding diaryl/α,β-unsaturated/α-hetero) is 1. The van der Waals surface area contributed by atoms with Crippen LogP contribution in [0.25, 0.3) is 0 Å². The molecule has 1 aliphatic rings. The number of aromatic hydroxyl groups is 1. The van der Waals surface area contributed by atoms with Crippen LogP contribution in [0, 0.1) is 6.92 Å². The molecule has 7 nitrogen and oxygen atoms in total. The standard InChI is InChI=1S/C28H34N2O5S/c1-5-6-14-23(32)25-28(3,4)36-17-30(25)27(35)24(33)21(16-19-11-8-7-9-12-19)29-26(34)20-13-10-15-22(31)18(20)2/h5,7-13,15,21,24-25,31,33H,1,6,14,16-17H2,2-4H3,(H,29,34)/t21-,24-,25+/m0/s1. The van der Waals surface area contributed by atoms with E-state index in [1.54, 1.807) is 25.1 Å². The number of benzene rings is 2. The summed E-state index contributed by atoms with van der Waals surface area (Å²) in [5.41, 5.74) is 1.49. The first-order valence-electron chi connectivity index (χ1n) is 12.0. The fraction of sp³-hybridized carbons (Fsp3) is 0.393. The third kappa shape index (κ3) is 6.17. The maximum absolute atomic E-state index is 13.6. The number of carbonyl (C=O) groups is 3. The van der Waals surface area contributed by atoms with Gasteiger partial charge in [-0.05, 0) is 51.3 Å². The molecular formula is C28H34N2O5S. The Hall–Kier alpha value is -3.10. The first kappa shape index (κ1) is 27.5. The van der Waals surface area contributed by atoms with E-state index in [-0.39, 0.29) is 35.8 Å². The third-order valence-corrected chi connectivity index (χ3v) is 7.90. The van der Waals surface area contributed by atoms with Crippen molar-refractivity contribution in [3.63, 3.8) is 0 Å². The summed E-state index contributed by atoms with van der Waals surface area (Å²) in [6.45, 7) is 9.13. The molecule has 0 unspecified atom stereocenters. The molecular weight excluding hydrogens is 476 g/mol. The van der Waals surface area contributed by atoms with Gasteiger partial charge >= 0.3 is 0 Å². The molecule has 3 N–H and O–H groups in total. The first-order valence-corrected chi connectivity index (χ1v) is 12.9. The molecule has 2 aromatic rings. The van der Waals surface area contributed by atoms with Crippen molar-refractivity contribution in [1.29, 1.82) is 0 Å². The van der Waals surface area contributed by atoms with Gasteiger partial charge < -0.3 is 20.4 Å². The minimum absolute atomic E-state index is 0.0175. The zero-order valence-electron chi connectivity index (χ0n) is 20.9. The number of carbonyl (C=O) groups excluding carboxylic acids is 3. The molecule has 2 amide bonds. The van der Waals surface area contributed by atoms with E-state index in [1.807, 2.05) is 44.2 Å². The van der Waals surface area contributed by atoms with Crippen molar-refractivity contribution in [2.24, 2.45) is 0 Å². The Labute approximate surface area is 216 Å². The number of hydrogen-bond donors (Lipinski definition) is 3. The number of aliphatic hydroxyl groups is 1. The number of phenols is 1. The van der Waals surface area contributed by atoms with Crippen LogP contribution < -0.4 is 5.32 Å². The molecule has 1 aliphatic heterocycles. The van der Waals surface area contributed by atoms with Crippen molar-refractivity contribution in [1.82, 2.24) is 10.2 Å². The van der Waals surface area contributed by atoms with E-state index < -0.39 is 34.7 Å². The maximum atomic E-state index is 13.6. The van der Waals surface area contributed by atoms with E-state index in [0.29, 0.717) is 12.0 Å². The molecule has 192 valence electrons. The van der Waals surface area contributed by atoms with Crippen molar-refractivity contribution in [2.45, 2.75) is 63.0 Å². The van der Waals surface area contributed by atoms with Crippen LogP contribution in [-0.2, 0) is 16.0 Å². The molecule has 0 bridgehead atoms. The second-order valence-electron chi connectivity index (χ2n) is 9.55. The quantitative estimate of drug-likeness (QED) is 0.422. The zero-order chi connectivity index (χ0) is 26.5. The first-order chi connectivity index (χ1) is 17.1. The Bertz CT molecular complexity index is 1120. The molecule has 8 heteroatoms. The van der Waals surface area contributed by atoms with Gasteiger partial charge in [-0.25, -0.2) is 0 Å². The van der Waals surface area contributed by atoms with E-state index in [1.165, 1.54) is 22.7 Å². The fourth-order valence-corrected chi connectivity index (χ4v) is 5.63. The molecule has 0 aromatic heterocycles. The van der Waals surface area contributed by atoms with Crippen LogP contribution in [0.5, 0.6) is 5.75 Å². The van der Waals surface area contributed by atoms with E-state index in [9.17, 15) is 24.6 Å². The summed E-state index contributed by atoms with van der Waals surface area (Å²) in [4.78, 5) is 41.2. The monoisotopic (exact) mass is 510 g/mol. The van der Waals surface area contributed by atoms with Gasteiger partial charge in [0.15, 0.2) is 11.9 Å². The predicted octanol–water partition coefficient (Wildman–Crippen LogP) is 3.62. The topological polar surface area (TPSA) is 107 Å². The molecule has 0 radical (unpaired) electrons. The lowest BCUT2D eigenvalue weighted by molar-refractivity contribution is -0.146. The smallest absolute Gasteiger partial charge is 0.254 e. The van der Waals surface area contributed by atoms with E-state index >= 15 is 0 Å². The fourth-order valence-electron chi connectivity index (χ4n) is 4.47. The average molecular weight is 511 g/mol. The molecule has 0 aliphatic carbocycles. The highest BCUT2D eigenvalue weighted by atomic mass is 32.2. The van der Waals surface area contributed by atoms with Crippen LogP contribution in [0.1, 0.15) is 48.2 Å². The summed E-state index contributed by atoms with van der Waals surface area (Å²) in [5.74, 6) is -0.934. The number of ketones is 1. The number of rotatable bonds is 10. The van der Waals surface area contributed by atoms with Crippen molar-refractivity contribution >= 4 is 29.4 Å². The number of hydrogen-bond acceptors (Lipinski definition) is 6. The van der Waals surface area contributed by atoms with Crippen molar-refractivity contribution in [2.75, 3.05) is 5.88 Å². The second-order valence-corrected chi connectivity index (χ2v) is 11.1. The third-order valence-electron chi connectivity index (χ3n) is 6.53. The van der Waals surface area contributed by atoms with Crippen LogP contribution in [-0.4, -0.2) is 61.5 Å². The molecule has 36 heavy (non-hydrogen) atoms. The Morgan fingerprint density at radius 3 is 2.56 bits per heavy atom. The number of amides is 2. The highest BCUT2D eigenvalue weighted by molar-refractivity contribution is 8.00. The van der Waals surface area contributed by atoms with Gasteiger partial charge in [0.1, 0.15) is 11.8 Å². The Morgan fingerprint density at radius 2 is 1.89 bits per heavy atom. The number of aliphatic hydroxyl groups excluding tert-OH is 1. The molecule has 0 spiro atoms. The molecule has 3 atom stereocenters. The van der Waals surface area contributed by atoms with Crippen molar-refractivity contribution in [3.05, 3.63) is 77.9 Å². The minimum Gasteiger partial charge on any atom is -0.508 e. The number of thioether (sulfide) groups is 1. The molecule has 3 rings (SSSR count). The molecule has 1 saturated heterocycles. The van der Waals surface area contributed by atoms with Crippen LogP contribution in [0.2, 0.25) is 0 Å². The summed E-state index contributed by atoms with van der Waals surface area (Å²) in [6.07, 6.45) is 1.07. The normalized spacial score (nSPS) is 18.3. The molecule has 1 heterocycles. The van der Waals surface area contributed by atoms with Crippen LogP contribution in [0.3, 0.4) is 0 Å². The van der Waals surface area contributed by atoms with Crippen LogP contribution >= 0.6 is 11.8 Å². The summed E-state index contributed by atoms with van der Waals surface area (Å²) >= 11 is 1.49. The van der Waals surface area contributed by atoms with Gasteiger partial charge in [-0.1, -0.05) is 42.5 Å². The van der Waals surface area contributed by atoms with Crippen molar-refractivity contribution in [3.8, 4) is 5.75 Å².